The summed E-state index contributed by atoms with van der Waals surface area (Å²) in [5.74, 6) is -0.582. The molecule has 0 radical (unpaired) electrons. The summed E-state index contributed by atoms with van der Waals surface area (Å²) in [7, 11) is 0. The van der Waals surface area contributed by atoms with Gasteiger partial charge in [-0.25, -0.2) is 0 Å². The minimum atomic E-state index is -0.229. The lowest BCUT2D eigenvalue weighted by Gasteiger charge is -2.36. The number of piperazine rings is 1. The summed E-state index contributed by atoms with van der Waals surface area (Å²) in [6.07, 6.45) is 1.45. The maximum Gasteiger partial charge on any atom is 0.257 e. The van der Waals surface area contributed by atoms with Crippen LogP contribution >= 0.6 is 11.6 Å². The summed E-state index contributed by atoms with van der Waals surface area (Å²) in [5, 5.41) is 26.6. The monoisotopic (exact) mass is 398 g/mol. The second-order valence-electron chi connectivity index (χ2n) is 6.59. The Bertz CT molecular complexity index is 998. The molecule has 1 aliphatic rings. The number of aromatic amines is 1. The second kappa shape index (κ2) is 7.44. The molecule has 28 heavy (non-hydrogen) atoms. The van der Waals surface area contributed by atoms with E-state index in [9.17, 15) is 15.0 Å². The number of halogens is 1. The molecule has 144 valence electrons. The van der Waals surface area contributed by atoms with Crippen LogP contribution in [0.4, 0.5) is 5.69 Å². The molecular weight excluding hydrogens is 380 g/mol. The molecule has 2 heterocycles. The molecule has 4 rings (SSSR count). The Morgan fingerprint density at radius 3 is 2.46 bits per heavy atom. The van der Waals surface area contributed by atoms with Crippen LogP contribution in [0.15, 0.2) is 48.7 Å². The maximum atomic E-state index is 13.0. The lowest BCUT2D eigenvalue weighted by Crippen LogP contribution is -2.48. The third-order valence-corrected chi connectivity index (χ3v) is 5.20. The van der Waals surface area contributed by atoms with Crippen LogP contribution in [-0.4, -0.2) is 57.4 Å². The average Bonchev–Trinajstić information content (AvgIpc) is 3.20. The van der Waals surface area contributed by atoms with E-state index in [-0.39, 0.29) is 22.4 Å². The molecule has 3 N–H and O–H groups in total. The fourth-order valence-electron chi connectivity index (χ4n) is 3.38. The topological polar surface area (TPSA) is 92.7 Å². The third kappa shape index (κ3) is 3.36. The molecule has 8 heteroatoms. The molecule has 0 saturated carbocycles. The summed E-state index contributed by atoms with van der Waals surface area (Å²) in [6.45, 7) is 2.64. The number of phenolic OH excluding ortho intramolecular Hbond substituents is 2. The van der Waals surface area contributed by atoms with E-state index in [1.807, 2.05) is 18.2 Å². The first-order valence-electron chi connectivity index (χ1n) is 8.89. The van der Waals surface area contributed by atoms with Crippen molar-refractivity contribution < 1.29 is 15.0 Å². The van der Waals surface area contributed by atoms with Crippen LogP contribution in [0.5, 0.6) is 11.5 Å². The number of amides is 1. The predicted molar refractivity (Wildman–Crippen MR) is 107 cm³/mol. The van der Waals surface area contributed by atoms with Gasteiger partial charge in [0.1, 0.15) is 11.5 Å². The van der Waals surface area contributed by atoms with E-state index in [0.29, 0.717) is 29.9 Å². The van der Waals surface area contributed by atoms with E-state index in [1.165, 1.54) is 12.3 Å². The third-order valence-electron chi connectivity index (χ3n) is 4.89. The molecule has 0 unspecified atom stereocenters. The van der Waals surface area contributed by atoms with Gasteiger partial charge in [-0.15, -0.1) is 0 Å². The van der Waals surface area contributed by atoms with Crippen molar-refractivity contribution in [3.05, 3.63) is 59.2 Å². The molecule has 1 amide bonds. The van der Waals surface area contributed by atoms with Gasteiger partial charge >= 0.3 is 0 Å². The van der Waals surface area contributed by atoms with Gasteiger partial charge in [0.05, 0.1) is 22.5 Å². The van der Waals surface area contributed by atoms with Gasteiger partial charge in [0.15, 0.2) is 0 Å². The number of hydrogen-bond acceptors (Lipinski definition) is 5. The van der Waals surface area contributed by atoms with Crippen molar-refractivity contribution in [1.82, 2.24) is 15.1 Å². The largest absolute Gasteiger partial charge is 0.507 e. The summed E-state index contributed by atoms with van der Waals surface area (Å²) in [4.78, 5) is 17.1. The Balaban J connectivity index is 1.53. The zero-order valence-electron chi connectivity index (χ0n) is 15.0. The van der Waals surface area contributed by atoms with Crippen LogP contribution in [0, 0.1) is 0 Å². The fourth-order valence-corrected chi connectivity index (χ4v) is 3.55. The zero-order chi connectivity index (χ0) is 19.7. The SMILES string of the molecule is O=C(c1cn[nH]c1-c1cc(Cl)c(O)cc1O)N1CCN(c2ccccc2)CC1. The minimum Gasteiger partial charge on any atom is -0.507 e. The number of phenols is 2. The van der Waals surface area contributed by atoms with Gasteiger partial charge in [0.2, 0.25) is 0 Å². The van der Waals surface area contributed by atoms with Crippen molar-refractivity contribution in [1.29, 1.82) is 0 Å². The Morgan fingerprint density at radius 1 is 1.04 bits per heavy atom. The van der Waals surface area contributed by atoms with E-state index < -0.39 is 0 Å². The van der Waals surface area contributed by atoms with Gasteiger partial charge in [-0.3, -0.25) is 9.89 Å². The van der Waals surface area contributed by atoms with Gasteiger partial charge in [0, 0.05) is 43.5 Å². The number of para-hydroxylation sites is 1. The van der Waals surface area contributed by atoms with E-state index in [1.54, 1.807) is 4.90 Å². The van der Waals surface area contributed by atoms with Crippen LogP contribution in [0.2, 0.25) is 5.02 Å². The van der Waals surface area contributed by atoms with Crippen LogP contribution in [0.25, 0.3) is 11.3 Å². The Labute approximate surface area is 166 Å². The second-order valence-corrected chi connectivity index (χ2v) is 7.00. The normalized spacial score (nSPS) is 14.3. The van der Waals surface area contributed by atoms with Crippen molar-refractivity contribution in [3.8, 4) is 22.8 Å². The molecule has 1 aromatic heterocycles. The molecule has 3 aromatic rings. The number of nitrogens with zero attached hydrogens (tertiary/aromatic N) is 3. The first-order valence-corrected chi connectivity index (χ1v) is 9.27. The molecule has 0 aliphatic carbocycles. The number of H-pyrrole nitrogens is 1. The van der Waals surface area contributed by atoms with E-state index >= 15 is 0 Å². The number of carbonyl (C=O) groups is 1. The number of benzene rings is 2. The number of anilines is 1. The maximum absolute atomic E-state index is 13.0. The van der Waals surface area contributed by atoms with E-state index in [2.05, 4.69) is 27.2 Å². The minimum absolute atomic E-state index is 0.0808. The average molecular weight is 399 g/mol. The molecule has 0 bridgehead atoms. The number of aromatic hydroxyl groups is 2. The highest BCUT2D eigenvalue weighted by Crippen LogP contribution is 2.37. The molecule has 2 aromatic carbocycles. The zero-order valence-corrected chi connectivity index (χ0v) is 15.7. The lowest BCUT2D eigenvalue weighted by atomic mass is 10.1. The first kappa shape index (κ1) is 18.2. The van der Waals surface area contributed by atoms with Gasteiger partial charge in [-0.2, -0.15) is 5.10 Å². The van der Waals surface area contributed by atoms with Crippen LogP contribution in [0.3, 0.4) is 0 Å². The standard InChI is InChI=1S/C20H19ClN4O3/c21-16-10-14(17(26)11-18(16)27)19-15(12-22-23-19)20(28)25-8-6-24(7-9-25)13-4-2-1-3-5-13/h1-5,10-12,26-27H,6-9H2,(H,22,23). The predicted octanol–water partition coefficient (Wildman–Crippen LogP) is 3.10. The van der Waals surface area contributed by atoms with Crippen LogP contribution in [0.1, 0.15) is 10.4 Å². The molecule has 0 spiro atoms. The number of aromatic nitrogens is 2. The summed E-state index contributed by atoms with van der Waals surface area (Å²) >= 11 is 5.96. The van der Waals surface area contributed by atoms with Crippen LogP contribution < -0.4 is 4.90 Å². The molecule has 1 fully saturated rings. The van der Waals surface area contributed by atoms with Crippen molar-refractivity contribution in [2.75, 3.05) is 31.1 Å². The molecule has 1 saturated heterocycles. The number of hydrogen-bond donors (Lipinski definition) is 3. The lowest BCUT2D eigenvalue weighted by molar-refractivity contribution is 0.0747. The van der Waals surface area contributed by atoms with Crippen molar-refractivity contribution in [2.24, 2.45) is 0 Å². The number of carbonyl (C=O) groups excluding carboxylic acids is 1. The molecule has 1 aliphatic heterocycles. The highest BCUT2D eigenvalue weighted by Gasteiger charge is 2.26. The highest BCUT2D eigenvalue weighted by molar-refractivity contribution is 6.32. The molecule has 0 atom stereocenters. The van der Waals surface area contributed by atoms with Crippen molar-refractivity contribution in [3.63, 3.8) is 0 Å². The molecule has 7 nitrogen and oxygen atoms in total. The summed E-state index contributed by atoms with van der Waals surface area (Å²) in [5.41, 5.74) is 2.17. The number of rotatable bonds is 3. The van der Waals surface area contributed by atoms with Gasteiger partial charge < -0.3 is 20.0 Å². The Hall–Kier alpha value is -3.19. The Kier molecular flexibility index (Phi) is 4.83. The smallest absolute Gasteiger partial charge is 0.257 e. The fraction of sp³-hybridized carbons (Fsp3) is 0.200. The van der Waals surface area contributed by atoms with Gasteiger partial charge in [0.25, 0.3) is 5.91 Å². The van der Waals surface area contributed by atoms with Gasteiger partial charge in [-0.05, 0) is 18.2 Å². The summed E-state index contributed by atoms with van der Waals surface area (Å²) in [6, 6.07) is 12.6. The summed E-state index contributed by atoms with van der Waals surface area (Å²) < 4.78 is 0. The van der Waals surface area contributed by atoms with E-state index in [0.717, 1.165) is 24.8 Å². The van der Waals surface area contributed by atoms with Gasteiger partial charge in [-0.1, -0.05) is 29.8 Å². The number of nitrogens with one attached hydrogen (secondary N) is 1. The quantitative estimate of drug-likeness (QED) is 0.630. The van der Waals surface area contributed by atoms with Crippen LogP contribution in [-0.2, 0) is 0 Å². The molecular formula is C20H19ClN4O3. The first-order chi connectivity index (χ1) is 13.5. The van der Waals surface area contributed by atoms with Crippen molar-refractivity contribution >= 4 is 23.2 Å². The van der Waals surface area contributed by atoms with Crippen molar-refractivity contribution in [2.45, 2.75) is 0 Å². The highest BCUT2D eigenvalue weighted by atomic mass is 35.5. The Morgan fingerprint density at radius 2 is 1.75 bits per heavy atom. The van der Waals surface area contributed by atoms with E-state index in [4.69, 9.17) is 11.6 Å².